The highest BCUT2D eigenvalue weighted by molar-refractivity contribution is 5.95. The topological polar surface area (TPSA) is 105 Å². The zero-order valence-electron chi connectivity index (χ0n) is 15.7. The third-order valence-electron chi connectivity index (χ3n) is 4.77. The number of nitrogens with zero attached hydrogens (tertiary/aromatic N) is 2. The van der Waals surface area contributed by atoms with Gasteiger partial charge in [0.05, 0.1) is 11.0 Å². The van der Waals surface area contributed by atoms with Gasteiger partial charge in [-0.25, -0.2) is 4.79 Å². The van der Waals surface area contributed by atoms with Gasteiger partial charge in [-0.15, -0.1) is 0 Å². The lowest BCUT2D eigenvalue weighted by molar-refractivity contribution is -0.384. The first kappa shape index (κ1) is 19.3. The van der Waals surface area contributed by atoms with Crippen molar-refractivity contribution in [2.24, 2.45) is 0 Å². The summed E-state index contributed by atoms with van der Waals surface area (Å²) in [5.41, 5.74) is 1.74. The van der Waals surface area contributed by atoms with E-state index in [1.165, 1.54) is 17.0 Å². The molecule has 0 radical (unpaired) electrons. The lowest BCUT2D eigenvalue weighted by atomic mass is 10.1. The predicted molar refractivity (Wildman–Crippen MR) is 105 cm³/mol. The van der Waals surface area contributed by atoms with E-state index in [9.17, 15) is 19.7 Å². The maximum absolute atomic E-state index is 12.8. The van der Waals surface area contributed by atoms with E-state index in [0.29, 0.717) is 16.8 Å². The monoisotopic (exact) mass is 382 g/mol. The molecule has 1 saturated carbocycles. The van der Waals surface area contributed by atoms with Crippen molar-refractivity contribution >= 4 is 23.3 Å². The van der Waals surface area contributed by atoms with Gasteiger partial charge in [-0.05, 0) is 49.6 Å². The Balaban J connectivity index is 1.65. The third-order valence-corrected chi connectivity index (χ3v) is 4.77. The molecule has 0 spiro atoms. The van der Waals surface area contributed by atoms with Crippen molar-refractivity contribution in [3.05, 3.63) is 69.8 Å². The van der Waals surface area contributed by atoms with Crippen molar-refractivity contribution < 1.29 is 14.5 Å². The summed E-state index contributed by atoms with van der Waals surface area (Å²) in [4.78, 5) is 36.6. The van der Waals surface area contributed by atoms with Crippen molar-refractivity contribution in [2.75, 3.05) is 12.4 Å². The number of hydrogen-bond donors (Lipinski definition) is 2. The maximum Gasteiger partial charge on any atom is 0.319 e. The molecule has 28 heavy (non-hydrogen) atoms. The fourth-order valence-corrected chi connectivity index (χ4v) is 2.78. The number of amides is 3. The van der Waals surface area contributed by atoms with E-state index in [4.69, 9.17) is 0 Å². The summed E-state index contributed by atoms with van der Waals surface area (Å²) < 4.78 is 0. The van der Waals surface area contributed by atoms with Crippen LogP contribution < -0.4 is 10.6 Å². The van der Waals surface area contributed by atoms with Gasteiger partial charge >= 0.3 is 6.03 Å². The first-order valence-electron chi connectivity index (χ1n) is 9.04. The molecular weight excluding hydrogens is 360 g/mol. The lowest BCUT2D eigenvalue weighted by Gasteiger charge is -2.25. The molecule has 0 aliphatic heterocycles. The standard InChI is InChI=1S/C20H22N4O4/c1-13(15-4-3-5-18(12-15)24(27)28)23(2)19(25)14-6-8-16(9-7-14)21-20(26)22-17-10-11-17/h3-9,12-13,17H,10-11H2,1-2H3,(H2,21,22,26). The molecule has 1 aliphatic rings. The summed E-state index contributed by atoms with van der Waals surface area (Å²) in [5, 5.41) is 16.5. The Morgan fingerprint density at radius 3 is 2.46 bits per heavy atom. The number of hydrogen-bond acceptors (Lipinski definition) is 4. The van der Waals surface area contributed by atoms with Crippen molar-refractivity contribution in [3.63, 3.8) is 0 Å². The Kier molecular flexibility index (Phi) is 5.58. The van der Waals surface area contributed by atoms with Gasteiger partial charge in [0.1, 0.15) is 0 Å². The number of non-ortho nitro benzene ring substituents is 1. The highest BCUT2D eigenvalue weighted by atomic mass is 16.6. The molecule has 1 unspecified atom stereocenters. The first-order valence-corrected chi connectivity index (χ1v) is 9.04. The van der Waals surface area contributed by atoms with Crippen LogP contribution in [0.15, 0.2) is 48.5 Å². The highest BCUT2D eigenvalue weighted by Crippen LogP contribution is 2.24. The molecule has 2 aromatic carbocycles. The average Bonchev–Trinajstić information content (AvgIpc) is 3.50. The molecule has 3 rings (SSSR count). The molecule has 0 aromatic heterocycles. The minimum absolute atomic E-state index is 0.00917. The fraction of sp³-hybridized carbons (Fsp3) is 0.300. The quantitative estimate of drug-likeness (QED) is 0.587. The van der Waals surface area contributed by atoms with Gasteiger partial charge in [-0.2, -0.15) is 0 Å². The Labute approximate surface area is 162 Å². The summed E-state index contributed by atoms with van der Waals surface area (Å²) >= 11 is 0. The van der Waals surface area contributed by atoms with Crippen LogP contribution in [-0.2, 0) is 0 Å². The number of carbonyl (C=O) groups is 2. The van der Waals surface area contributed by atoms with Crippen LogP contribution in [0, 0.1) is 10.1 Å². The largest absolute Gasteiger partial charge is 0.335 e. The molecule has 2 N–H and O–H groups in total. The molecule has 8 heteroatoms. The molecule has 1 fully saturated rings. The van der Waals surface area contributed by atoms with E-state index >= 15 is 0 Å². The summed E-state index contributed by atoms with van der Waals surface area (Å²) in [6, 6.07) is 12.6. The van der Waals surface area contributed by atoms with E-state index in [1.807, 2.05) is 6.92 Å². The number of carbonyl (C=O) groups excluding carboxylic acids is 2. The lowest BCUT2D eigenvalue weighted by Crippen LogP contribution is -2.30. The molecule has 8 nitrogen and oxygen atoms in total. The van der Waals surface area contributed by atoms with Crippen molar-refractivity contribution in [1.29, 1.82) is 0 Å². The van der Waals surface area contributed by atoms with E-state index < -0.39 is 4.92 Å². The van der Waals surface area contributed by atoms with Crippen LogP contribution in [0.4, 0.5) is 16.2 Å². The number of nitrogens with one attached hydrogen (secondary N) is 2. The molecule has 1 atom stereocenters. The Morgan fingerprint density at radius 1 is 1.18 bits per heavy atom. The second kappa shape index (κ2) is 8.08. The number of nitro benzene ring substituents is 1. The number of nitro groups is 1. The summed E-state index contributed by atoms with van der Waals surface area (Å²) in [5.74, 6) is -0.215. The van der Waals surface area contributed by atoms with Crippen LogP contribution in [-0.4, -0.2) is 34.9 Å². The van der Waals surface area contributed by atoms with Crippen molar-refractivity contribution in [3.8, 4) is 0 Å². The Hall–Kier alpha value is -3.42. The number of anilines is 1. The van der Waals surface area contributed by atoms with E-state index in [0.717, 1.165) is 12.8 Å². The smallest absolute Gasteiger partial charge is 0.319 e. The zero-order valence-corrected chi connectivity index (χ0v) is 15.7. The number of benzene rings is 2. The van der Waals surface area contributed by atoms with Gasteiger partial charge in [0.15, 0.2) is 0 Å². The van der Waals surface area contributed by atoms with Gasteiger partial charge in [0.25, 0.3) is 11.6 Å². The van der Waals surface area contributed by atoms with Crippen LogP contribution in [0.3, 0.4) is 0 Å². The third kappa shape index (κ3) is 4.64. The van der Waals surface area contributed by atoms with Crippen molar-refractivity contribution in [1.82, 2.24) is 10.2 Å². The molecule has 1 aliphatic carbocycles. The molecule has 0 saturated heterocycles. The second-order valence-corrected chi connectivity index (χ2v) is 6.89. The van der Waals surface area contributed by atoms with Crippen LogP contribution in [0.1, 0.15) is 41.7 Å². The number of rotatable bonds is 6. The Morgan fingerprint density at radius 2 is 1.86 bits per heavy atom. The van der Waals surface area contributed by atoms with Gasteiger partial charge in [0.2, 0.25) is 0 Å². The second-order valence-electron chi connectivity index (χ2n) is 6.89. The molecule has 3 amide bonds. The summed E-state index contributed by atoms with van der Waals surface area (Å²) in [7, 11) is 1.65. The van der Waals surface area contributed by atoms with Gasteiger partial charge < -0.3 is 15.5 Å². The SMILES string of the molecule is CC(c1cccc([N+](=O)[O-])c1)N(C)C(=O)c1ccc(NC(=O)NC2CC2)cc1. The van der Waals surface area contributed by atoms with E-state index in [-0.39, 0.29) is 29.7 Å². The molecule has 0 bridgehead atoms. The normalized spacial score (nSPS) is 14.1. The summed E-state index contributed by atoms with van der Waals surface area (Å²) in [6.07, 6.45) is 2.02. The molecule has 0 heterocycles. The first-order chi connectivity index (χ1) is 13.3. The maximum atomic E-state index is 12.8. The predicted octanol–water partition coefficient (Wildman–Crippen LogP) is 3.71. The Bertz CT molecular complexity index is 893. The molecular formula is C20H22N4O4. The highest BCUT2D eigenvalue weighted by Gasteiger charge is 2.23. The average molecular weight is 382 g/mol. The van der Waals surface area contributed by atoms with Crippen LogP contribution in [0.2, 0.25) is 0 Å². The summed E-state index contributed by atoms with van der Waals surface area (Å²) in [6.45, 7) is 1.81. The number of urea groups is 1. The van der Waals surface area contributed by atoms with E-state index in [2.05, 4.69) is 10.6 Å². The molecule has 146 valence electrons. The van der Waals surface area contributed by atoms with Crippen LogP contribution in [0.5, 0.6) is 0 Å². The van der Waals surface area contributed by atoms with Gasteiger partial charge in [0, 0.05) is 36.5 Å². The minimum atomic E-state index is -0.455. The van der Waals surface area contributed by atoms with Gasteiger partial charge in [-0.1, -0.05) is 12.1 Å². The zero-order chi connectivity index (χ0) is 20.3. The fourth-order valence-electron chi connectivity index (χ4n) is 2.78. The minimum Gasteiger partial charge on any atom is -0.335 e. The van der Waals surface area contributed by atoms with Crippen LogP contribution in [0.25, 0.3) is 0 Å². The van der Waals surface area contributed by atoms with Crippen molar-refractivity contribution in [2.45, 2.75) is 31.8 Å². The van der Waals surface area contributed by atoms with Crippen LogP contribution >= 0.6 is 0 Å². The van der Waals surface area contributed by atoms with E-state index in [1.54, 1.807) is 43.4 Å². The van der Waals surface area contributed by atoms with Gasteiger partial charge in [-0.3, -0.25) is 14.9 Å². The molecule has 2 aromatic rings.